The molecule has 2 atom stereocenters. The van der Waals surface area contributed by atoms with Gasteiger partial charge in [-0.25, -0.2) is 0 Å². The number of benzene rings is 1. The number of hydrogen-bond donors (Lipinski definition) is 0. The molecule has 0 radical (unpaired) electrons. The van der Waals surface area contributed by atoms with Crippen molar-refractivity contribution in [2.24, 2.45) is 0 Å². The Hall–Kier alpha value is -0.289. The third-order valence-corrected chi connectivity index (χ3v) is 18.6. The Balaban J connectivity index is 2.49. The van der Waals surface area contributed by atoms with E-state index in [9.17, 15) is 0 Å². The molecule has 7 heteroatoms. The van der Waals surface area contributed by atoms with E-state index < -0.39 is 30.6 Å². The zero-order valence-corrected chi connectivity index (χ0v) is 28.9. The standard InChI is InChI=1S/C29H56O4Si3/c1-27(2,3)35(11,12)31-25-20-24(30-22-23-18-16-15-17-19-23)21-26(29(25,7)33-34(8,9)10)32-36(13,14)28(4,5)6/h15-19,24-26H,20-22H2,1-14H3/t24?,25-,26-,29?/m1/s1. The highest BCUT2D eigenvalue weighted by Crippen LogP contribution is 2.47. The normalized spacial score (nSPS) is 26.8. The van der Waals surface area contributed by atoms with E-state index in [4.69, 9.17) is 18.0 Å². The Morgan fingerprint density at radius 2 is 1.17 bits per heavy atom. The SMILES string of the molecule is CC1(O[Si](C)(C)C)[C@H](O[Si](C)(C)C(C)(C)C)CC(OCc2ccccc2)C[C@H]1O[Si](C)(C)C(C)(C)C. The Labute approximate surface area is 226 Å². The van der Waals surface area contributed by atoms with Crippen LogP contribution >= 0.6 is 0 Å². The first-order valence-electron chi connectivity index (χ1n) is 13.8. The van der Waals surface area contributed by atoms with Crippen molar-refractivity contribution < 1.29 is 18.0 Å². The topological polar surface area (TPSA) is 36.9 Å². The van der Waals surface area contributed by atoms with E-state index in [1.54, 1.807) is 0 Å². The molecule has 1 saturated carbocycles. The van der Waals surface area contributed by atoms with E-state index in [-0.39, 0.29) is 28.4 Å². The maximum atomic E-state index is 7.21. The monoisotopic (exact) mass is 552 g/mol. The number of hydrogen-bond acceptors (Lipinski definition) is 4. The molecular formula is C29H56O4Si3. The molecule has 1 aliphatic carbocycles. The van der Waals surface area contributed by atoms with Crippen LogP contribution in [0.3, 0.4) is 0 Å². The molecule has 0 aliphatic heterocycles. The van der Waals surface area contributed by atoms with Gasteiger partial charge in [0.1, 0.15) is 5.60 Å². The summed E-state index contributed by atoms with van der Waals surface area (Å²) in [4.78, 5) is 0. The van der Waals surface area contributed by atoms with Crippen LogP contribution in [0.5, 0.6) is 0 Å². The summed E-state index contributed by atoms with van der Waals surface area (Å²) < 4.78 is 28.1. The first kappa shape index (κ1) is 31.9. The second-order valence-electron chi connectivity index (χ2n) is 15.0. The molecule has 1 aromatic rings. The third-order valence-electron chi connectivity index (χ3n) is 8.57. The maximum Gasteiger partial charge on any atom is 0.192 e. The van der Waals surface area contributed by atoms with Gasteiger partial charge in [-0.3, -0.25) is 0 Å². The summed E-state index contributed by atoms with van der Waals surface area (Å²) in [6.07, 6.45) is 1.58. The predicted molar refractivity (Wildman–Crippen MR) is 161 cm³/mol. The quantitative estimate of drug-likeness (QED) is 0.287. The summed E-state index contributed by atoms with van der Waals surface area (Å²) in [5.74, 6) is 0. The summed E-state index contributed by atoms with van der Waals surface area (Å²) in [5, 5.41) is 0.224. The molecule has 4 nitrogen and oxygen atoms in total. The second kappa shape index (κ2) is 11.1. The van der Waals surface area contributed by atoms with Crippen LogP contribution in [-0.4, -0.2) is 48.9 Å². The fourth-order valence-corrected chi connectivity index (χ4v) is 8.73. The summed E-state index contributed by atoms with van der Waals surface area (Å²) >= 11 is 0. The van der Waals surface area contributed by atoms with Crippen LogP contribution in [0, 0.1) is 0 Å². The molecule has 1 aromatic carbocycles. The highest BCUT2D eigenvalue weighted by Gasteiger charge is 2.56. The molecule has 208 valence electrons. The van der Waals surface area contributed by atoms with Crippen molar-refractivity contribution in [1.82, 2.24) is 0 Å². The lowest BCUT2D eigenvalue weighted by Crippen LogP contribution is -2.66. The minimum Gasteiger partial charge on any atom is -0.411 e. The van der Waals surface area contributed by atoms with Crippen molar-refractivity contribution in [2.75, 3.05) is 0 Å². The maximum absolute atomic E-state index is 7.21. The van der Waals surface area contributed by atoms with Gasteiger partial charge in [-0.05, 0) is 68.4 Å². The van der Waals surface area contributed by atoms with E-state index in [2.05, 4.69) is 125 Å². The molecule has 0 unspecified atom stereocenters. The number of ether oxygens (including phenoxy) is 1. The fourth-order valence-electron chi connectivity index (χ4n) is 4.36. The number of rotatable bonds is 9. The summed E-state index contributed by atoms with van der Waals surface area (Å²) in [5.41, 5.74) is 0.690. The first-order valence-corrected chi connectivity index (χ1v) is 23.0. The smallest absolute Gasteiger partial charge is 0.192 e. The molecule has 0 saturated heterocycles. The molecular weight excluding hydrogens is 497 g/mol. The average Bonchev–Trinajstić information content (AvgIpc) is 2.67. The van der Waals surface area contributed by atoms with E-state index >= 15 is 0 Å². The van der Waals surface area contributed by atoms with Crippen LogP contribution in [0.1, 0.15) is 66.9 Å². The predicted octanol–water partition coefficient (Wildman–Crippen LogP) is 8.76. The van der Waals surface area contributed by atoms with Gasteiger partial charge in [0.25, 0.3) is 0 Å². The van der Waals surface area contributed by atoms with Gasteiger partial charge in [-0.15, -0.1) is 0 Å². The Morgan fingerprint density at radius 1 is 0.750 bits per heavy atom. The molecule has 0 amide bonds. The minimum absolute atomic E-state index is 0.0630. The van der Waals surface area contributed by atoms with Crippen LogP contribution in [0.15, 0.2) is 30.3 Å². The molecule has 0 N–H and O–H groups in total. The van der Waals surface area contributed by atoms with Crippen molar-refractivity contribution >= 4 is 25.0 Å². The lowest BCUT2D eigenvalue weighted by atomic mass is 9.79. The highest BCUT2D eigenvalue weighted by molar-refractivity contribution is 6.74. The van der Waals surface area contributed by atoms with E-state index in [1.807, 2.05) is 0 Å². The van der Waals surface area contributed by atoms with E-state index in [0.29, 0.717) is 6.61 Å². The van der Waals surface area contributed by atoms with Crippen molar-refractivity contribution in [3.05, 3.63) is 35.9 Å². The Morgan fingerprint density at radius 3 is 1.53 bits per heavy atom. The van der Waals surface area contributed by atoms with Gasteiger partial charge < -0.3 is 18.0 Å². The molecule has 0 bridgehead atoms. The lowest BCUT2D eigenvalue weighted by Gasteiger charge is -2.56. The van der Waals surface area contributed by atoms with Gasteiger partial charge >= 0.3 is 0 Å². The molecule has 1 fully saturated rings. The van der Waals surface area contributed by atoms with Crippen molar-refractivity contribution in [3.8, 4) is 0 Å². The zero-order chi connectivity index (χ0) is 27.8. The molecule has 0 spiro atoms. The lowest BCUT2D eigenvalue weighted by molar-refractivity contribution is -0.169. The molecule has 0 aromatic heterocycles. The van der Waals surface area contributed by atoms with Gasteiger partial charge in [-0.1, -0.05) is 71.9 Å². The summed E-state index contributed by atoms with van der Waals surface area (Å²) in [6.45, 7) is 33.0. The minimum atomic E-state index is -2.06. The summed E-state index contributed by atoms with van der Waals surface area (Å²) in [6, 6.07) is 10.5. The Kier molecular flexibility index (Phi) is 9.81. The van der Waals surface area contributed by atoms with Gasteiger partial charge in [0.2, 0.25) is 0 Å². The molecule has 2 rings (SSSR count). The van der Waals surface area contributed by atoms with Crippen LogP contribution in [0.4, 0.5) is 0 Å². The molecule has 1 aliphatic rings. The highest BCUT2D eigenvalue weighted by atomic mass is 28.4. The fraction of sp³-hybridized carbons (Fsp3) is 0.793. The van der Waals surface area contributed by atoms with Gasteiger partial charge in [-0.2, -0.15) is 0 Å². The average molecular weight is 553 g/mol. The van der Waals surface area contributed by atoms with Crippen molar-refractivity contribution in [3.63, 3.8) is 0 Å². The zero-order valence-electron chi connectivity index (χ0n) is 25.9. The molecule has 0 heterocycles. The van der Waals surface area contributed by atoms with Gasteiger partial charge in [0.15, 0.2) is 25.0 Å². The van der Waals surface area contributed by atoms with Crippen LogP contribution in [0.25, 0.3) is 0 Å². The van der Waals surface area contributed by atoms with E-state index in [0.717, 1.165) is 12.8 Å². The largest absolute Gasteiger partial charge is 0.411 e. The summed E-state index contributed by atoms with van der Waals surface area (Å²) in [7, 11) is -6.03. The Bertz CT molecular complexity index is 797. The third kappa shape index (κ3) is 8.11. The van der Waals surface area contributed by atoms with Gasteiger partial charge in [0.05, 0.1) is 24.9 Å². The first-order chi connectivity index (χ1) is 16.1. The van der Waals surface area contributed by atoms with Gasteiger partial charge in [0, 0.05) is 12.8 Å². The van der Waals surface area contributed by atoms with E-state index in [1.165, 1.54) is 5.56 Å². The van der Waals surface area contributed by atoms with Crippen LogP contribution in [-0.2, 0) is 24.6 Å². The van der Waals surface area contributed by atoms with Crippen molar-refractivity contribution in [1.29, 1.82) is 0 Å². The molecule has 36 heavy (non-hydrogen) atoms. The van der Waals surface area contributed by atoms with Crippen LogP contribution in [0.2, 0.25) is 55.9 Å². The van der Waals surface area contributed by atoms with Crippen LogP contribution < -0.4 is 0 Å². The van der Waals surface area contributed by atoms with Crippen molar-refractivity contribution in [2.45, 2.75) is 148 Å². The second-order valence-corrected chi connectivity index (χ2v) is 29.0.